The Labute approximate surface area is 100 Å². The molecule has 0 atom stereocenters. The summed E-state index contributed by atoms with van der Waals surface area (Å²) in [6.45, 7) is 3.87. The van der Waals surface area contributed by atoms with Gasteiger partial charge in [-0.25, -0.2) is 9.59 Å². The molecule has 0 N–H and O–H groups in total. The van der Waals surface area contributed by atoms with Crippen molar-refractivity contribution >= 4 is 17.8 Å². The molecule has 0 heterocycles. The van der Waals surface area contributed by atoms with E-state index in [1.54, 1.807) is 18.2 Å². The fourth-order valence-corrected chi connectivity index (χ4v) is 1.95. The summed E-state index contributed by atoms with van der Waals surface area (Å²) in [5, 5.41) is 0. The number of rotatable bonds is 5. The molecule has 1 aromatic carbocycles. The van der Waals surface area contributed by atoms with Gasteiger partial charge in [0.1, 0.15) is 0 Å². The van der Waals surface area contributed by atoms with Gasteiger partial charge in [-0.15, -0.1) is 0 Å². The summed E-state index contributed by atoms with van der Waals surface area (Å²) in [6, 6.07) is 7.14. The molecule has 1 rings (SSSR count). The molecule has 88 valence electrons. The molecule has 4 nitrogen and oxygen atoms in total. The van der Waals surface area contributed by atoms with Crippen molar-refractivity contribution in [3.8, 4) is 0 Å². The van der Waals surface area contributed by atoms with Gasteiger partial charge in [0.25, 0.3) is 0 Å². The van der Waals surface area contributed by atoms with Crippen LogP contribution >= 0.6 is 0 Å². The largest absolute Gasteiger partial charge is 0.240 e. The average molecular weight is 230 g/mol. The smallest absolute Gasteiger partial charge is 0.211 e. The highest BCUT2D eigenvalue weighted by Gasteiger charge is 2.30. The first-order valence-electron chi connectivity index (χ1n) is 5.50. The van der Waals surface area contributed by atoms with Crippen LogP contribution in [-0.4, -0.2) is 12.2 Å². The third-order valence-electron chi connectivity index (χ3n) is 3.00. The Balaban J connectivity index is 3.47. The van der Waals surface area contributed by atoms with Gasteiger partial charge in [-0.05, 0) is 18.9 Å². The van der Waals surface area contributed by atoms with E-state index in [0.717, 1.165) is 5.56 Å². The molecule has 0 aliphatic rings. The Hall–Kier alpha value is -2.02. The quantitative estimate of drug-likeness (QED) is 0.576. The van der Waals surface area contributed by atoms with Crippen molar-refractivity contribution < 1.29 is 9.59 Å². The number of nitrogens with zero attached hydrogens (tertiary/aromatic N) is 2. The summed E-state index contributed by atoms with van der Waals surface area (Å²) >= 11 is 0. The van der Waals surface area contributed by atoms with E-state index in [1.807, 2.05) is 26.0 Å². The van der Waals surface area contributed by atoms with Gasteiger partial charge < -0.3 is 0 Å². The minimum Gasteiger partial charge on any atom is -0.211 e. The van der Waals surface area contributed by atoms with Crippen LogP contribution in [0.2, 0.25) is 0 Å². The summed E-state index contributed by atoms with van der Waals surface area (Å²) < 4.78 is 0. The third kappa shape index (κ3) is 2.56. The van der Waals surface area contributed by atoms with Gasteiger partial charge >= 0.3 is 0 Å². The van der Waals surface area contributed by atoms with E-state index in [-0.39, 0.29) is 0 Å². The lowest BCUT2D eigenvalue weighted by Crippen LogP contribution is -2.21. The van der Waals surface area contributed by atoms with Crippen LogP contribution in [0.4, 0.5) is 5.69 Å². The second-order valence-corrected chi connectivity index (χ2v) is 3.66. The number of carbonyl (C=O) groups excluding carboxylic acids is 2. The second kappa shape index (κ2) is 5.90. The lowest BCUT2D eigenvalue weighted by molar-refractivity contribution is 0.412. The maximum absolute atomic E-state index is 10.6. The van der Waals surface area contributed by atoms with E-state index in [0.29, 0.717) is 18.5 Å². The zero-order valence-corrected chi connectivity index (χ0v) is 9.93. The summed E-state index contributed by atoms with van der Waals surface area (Å²) in [4.78, 5) is 28.5. The van der Waals surface area contributed by atoms with Crippen molar-refractivity contribution in [2.45, 2.75) is 32.2 Å². The zero-order valence-electron chi connectivity index (χ0n) is 9.93. The minimum absolute atomic E-state index is 0.505. The highest BCUT2D eigenvalue weighted by molar-refractivity contribution is 5.57. The van der Waals surface area contributed by atoms with E-state index in [4.69, 9.17) is 0 Å². The fraction of sp³-hybridized carbons (Fsp3) is 0.385. The molecule has 17 heavy (non-hydrogen) atoms. The molecule has 0 saturated heterocycles. The first kappa shape index (κ1) is 13.0. The maximum Gasteiger partial charge on any atom is 0.240 e. The summed E-state index contributed by atoms with van der Waals surface area (Å²) in [5.74, 6) is 0. The number of hydrogen-bond donors (Lipinski definition) is 0. The van der Waals surface area contributed by atoms with Gasteiger partial charge in [-0.3, -0.25) is 0 Å². The van der Waals surface area contributed by atoms with E-state index in [9.17, 15) is 9.59 Å². The number of para-hydroxylation sites is 1. The van der Waals surface area contributed by atoms with Crippen molar-refractivity contribution in [1.29, 1.82) is 0 Å². The molecule has 0 aliphatic heterocycles. The van der Waals surface area contributed by atoms with Crippen molar-refractivity contribution in [2.75, 3.05) is 0 Å². The second-order valence-electron chi connectivity index (χ2n) is 3.66. The van der Waals surface area contributed by atoms with Gasteiger partial charge in [-0.1, -0.05) is 32.0 Å². The predicted molar refractivity (Wildman–Crippen MR) is 64.6 cm³/mol. The van der Waals surface area contributed by atoms with Crippen LogP contribution in [0.1, 0.15) is 32.3 Å². The van der Waals surface area contributed by atoms with E-state index in [1.165, 1.54) is 6.08 Å². The molecule has 0 radical (unpaired) electrons. The molecular weight excluding hydrogens is 216 g/mol. The van der Waals surface area contributed by atoms with Crippen LogP contribution in [-0.2, 0) is 15.1 Å². The minimum atomic E-state index is -0.654. The lowest BCUT2D eigenvalue weighted by Gasteiger charge is -2.26. The van der Waals surface area contributed by atoms with Gasteiger partial charge in [0.15, 0.2) is 0 Å². The van der Waals surface area contributed by atoms with Gasteiger partial charge in [0, 0.05) is 5.56 Å². The first-order valence-corrected chi connectivity index (χ1v) is 5.50. The molecule has 1 aromatic rings. The monoisotopic (exact) mass is 230 g/mol. The van der Waals surface area contributed by atoms with Crippen molar-refractivity contribution in [3.63, 3.8) is 0 Å². The lowest BCUT2D eigenvalue weighted by atomic mass is 9.84. The van der Waals surface area contributed by atoms with Crippen LogP contribution < -0.4 is 0 Å². The van der Waals surface area contributed by atoms with Crippen LogP contribution in [0.5, 0.6) is 0 Å². The van der Waals surface area contributed by atoms with E-state index in [2.05, 4.69) is 9.98 Å². The van der Waals surface area contributed by atoms with Crippen molar-refractivity contribution in [2.24, 2.45) is 9.98 Å². The van der Waals surface area contributed by atoms with Crippen LogP contribution in [0.25, 0.3) is 0 Å². The molecule has 4 heteroatoms. The molecule has 0 amide bonds. The Morgan fingerprint density at radius 1 is 1.12 bits per heavy atom. The normalized spacial score (nSPS) is 10.2. The highest BCUT2D eigenvalue weighted by Crippen LogP contribution is 2.38. The fourth-order valence-electron chi connectivity index (χ4n) is 1.95. The molecule has 0 aliphatic carbocycles. The SMILES string of the molecule is CCC(CC)(N=C=O)c1ccccc1N=C=O. The molecule has 0 spiro atoms. The molecular formula is C13H14N2O2. The summed E-state index contributed by atoms with van der Waals surface area (Å²) in [7, 11) is 0. The third-order valence-corrected chi connectivity index (χ3v) is 3.00. The van der Waals surface area contributed by atoms with Crippen LogP contribution in [0, 0.1) is 0 Å². The topological polar surface area (TPSA) is 58.9 Å². The first-order chi connectivity index (χ1) is 8.24. The summed E-state index contributed by atoms with van der Waals surface area (Å²) in [5.41, 5.74) is 0.612. The van der Waals surface area contributed by atoms with Crippen molar-refractivity contribution in [3.05, 3.63) is 29.8 Å². The van der Waals surface area contributed by atoms with Gasteiger partial charge in [0.05, 0.1) is 11.2 Å². The average Bonchev–Trinajstić information content (AvgIpc) is 2.37. The van der Waals surface area contributed by atoms with E-state index >= 15 is 0 Å². The Bertz CT molecular complexity index is 480. The van der Waals surface area contributed by atoms with Gasteiger partial charge in [-0.2, -0.15) is 9.98 Å². The maximum atomic E-state index is 10.6. The summed E-state index contributed by atoms with van der Waals surface area (Å²) in [6.07, 6.45) is 4.42. The van der Waals surface area contributed by atoms with Crippen LogP contribution in [0.15, 0.2) is 34.3 Å². The standard InChI is InChI=1S/C13H14N2O2/c1-3-13(4-2,15-10-17)11-7-5-6-8-12(11)14-9-16/h5-8H,3-4H2,1-2H3. The number of hydrogen-bond acceptors (Lipinski definition) is 4. The van der Waals surface area contributed by atoms with Crippen LogP contribution in [0.3, 0.4) is 0 Å². The predicted octanol–water partition coefficient (Wildman–Crippen LogP) is 3.01. The molecule has 0 unspecified atom stereocenters. The molecule has 0 bridgehead atoms. The molecule has 0 aromatic heterocycles. The zero-order chi connectivity index (χ0) is 12.7. The van der Waals surface area contributed by atoms with E-state index < -0.39 is 5.54 Å². The number of aliphatic imine (C=N–C) groups is 2. The Kier molecular flexibility index (Phi) is 4.53. The highest BCUT2D eigenvalue weighted by atomic mass is 16.1. The Morgan fingerprint density at radius 3 is 2.29 bits per heavy atom. The number of benzene rings is 1. The van der Waals surface area contributed by atoms with Crippen molar-refractivity contribution in [1.82, 2.24) is 0 Å². The Morgan fingerprint density at radius 2 is 1.76 bits per heavy atom. The molecule has 0 fully saturated rings. The number of isocyanates is 2. The van der Waals surface area contributed by atoms with Gasteiger partial charge in [0.2, 0.25) is 12.2 Å². The molecule has 0 saturated carbocycles.